The minimum Gasteiger partial charge on any atom is -0.497 e. The minimum atomic E-state index is -0.893. The van der Waals surface area contributed by atoms with Gasteiger partial charge < -0.3 is 24.9 Å². The van der Waals surface area contributed by atoms with Crippen molar-refractivity contribution in [2.24, 2.45) is 5.92 Å². The van der Waals surface area contributed by atoms with Gasteiger partial charge in [0.15, 0.2) is 22.1 Å². The second kappa shape index (κ2) is 8.99. The highest BCUT2D eigenvalue weighted by atomic mass is 32.2. The van der Waals surface area contributed by atoms with Gasteiger partial charge in [0.05, 0.1) is 13.7 Å². The van der Waals surface area contributed by atoms with Gasteiger partial charge in [0, 0.05) is 6.07 Å². The third kappa shape index (κ3) is 4.70. The van der Waals surface area contributed by atoms with Crippen LogP contribution >= 0.6 is 11.8 Å². The van der Waals surface area contributed by atoms with Crippen LogP contribution in [0.5, 0.6) is 11.5 Å². The number of nitrogen functional groups attached to an aromatic ring is 1. The molecule has 2 heterocycles. The predicted molar refractivity (Wildman–Crippen MR) is 110 cm³/mol. The van der Waals surface area contributed by atoms with Crippen LogP contribution in [-0.2, 0) is 11.3 Å². The quantitative estimate of drug-likeness (QED) is 0.505. The van der Waals surface area contributed by atoms with E-state index in [4.69, 9.17) is 15.2 Å². The lowest BCUT2D eigenvalue weighted by Crippen LogP contribution is -2.23. The number of hydrogen-bond acceptors (Lipinski definition) is 8. The Balaban J connectivity index is 1.86. The Hall–Kier alpha value is -3.01. The Morgan fingerprint density at radius 1 is 1.31 bits per heavy atom. The van der Waals surface area contributed by atoms with Crippen molar-refractivity contribution in [1.29, 1.82) is 0 Å². The number of aliphatic carboxylic acids is 1. The van der Waals surface area contributed by atoms with Crippen LogP contribution < -0.4 is 15.2 Å². The van der Waals surface area contributed by atoms with E-state index < -0.39 is 11.2 Å². The molecule has 0 radical (unpaired) electrons. The summed E-state index contributed by atoms with van der Waals surface area (Å²) in [6.45, 7) is 4.46. The van der Waals surface area contributed by atoms with Gasteiger partial charge in [0.1, 0.15) is 29.7 Å². The lowest BCUT2D eigenvalue weighted by Gasteiger charge is -2.16. The number of fused-ring (bicyclic) bond motifs is 1. The van der Waals surface area contributed by atoms with E-state index in [1.165, 1.54) is 18.1 Å². The Kier molecular flexibility index (Phi) is 6.42. The van der Waals surface area contributed by atoms with Crippen LogP contribution in [0.15, 0.2) is 35.7 Å². The Morgan fingerprint density at radius 2 is 2.07 bits per heavy atom. The highest BCUT2D eigenvalue weighted by Crippen LogP contribution is 2.31. The van der Waals surface area contributed by atoms with Gasteiger partial charge in [-0.3, -0.25) is 4.79 Å². The maximum Gasteiger partial charge on any atom is 0.317 e. The van der Waals surface area contributed by atoms with E-state index in [-0.39, 0.29) is 11.7 Å². The van der Waals surface area contributed by atoms with Crippen LogP contribution in [0.3, 0.4) is 0 Å². The van der Waals surface area contributed by atoms with E-state index >= 15 is 0 Å². The van der Waals surface area contributed by atoms with Crippen LogP contribution in [0.25, 0.3) is 11.2 Å². The molecule has 154 valence electrons. The lowest BCUT2D eigenvalue weighted by molar-refractivity contribution is -0.137. The molecule has 9 nitrogen and oxygen atoms in total. The number of carboxylic acids is 1. The number of methoxy groups -OCH3 is 1. The summed E-state index contributed by atoms with van der Waals surface area (Å²) in [4.78, 5) is 24.4. The van der Waals surface area contributed by atoms with Gasteiger partial charge in [0.25, 0.3) is 0 Å². The first-order valence-electron chi connectivity index (χ1n) is 9.03. The van der Waals surface area contributed by atoms with Crippen LogP contribution in [-0.4, -0.2) is 49.6 Å². The van der Waals surface area contributed by atoms with Crippen molar-refractivity contribution in [2.45, 2.75) is 30.8 Å². The van der Waals surface area contributed by atoms with Crippen molar-refractivity contribution >= 4 is 34.7 Å². The molecule has 0 spiro atoms. The molecule has 0 aliphatic heterocycles. The number of carbonyl (C=O) groups is 1. The van der Waals surface area contributed by atoms with Gasteiger partial charge in [0.2, 0.25) is 0 Å². The molecule has 1 aromatic carbocycles. The van der Waals surface area contributed by atoms with Gasteiger partial charge >= 0.3 is 5.97 Å². The minimum absolute atomic E-state index is 0.0813. The second-order valence-corrected chi connectivity index (χ2v) is 7.73. The number of thioether (sulfide) groups is 1. The summed E-state index contributed by atoms with van der Waals surface area (Å²) in [6.07, 6.45) is 1.37. The topological polar surface area (TPSA) is 125 Å². The number of hydrogen-bond donors (Lipinski definition) is 2. The molecule has 0 bridgehead atoms. The molecular formula is C19H23N5O4S. The van der Waals surface area contributed by atoms with E-state index in [9.17, 15) is 9.90 Å². The molecule has 0 saturated carbocycles. The number of imidazole rings is 1. The molecule has 0 saturated heterocycles. The molecule has 29 heavy (non-hydrogen) atoms. The summed E-state index contributed by atoms with van der Waals surface area (Å²) in [5.74, 6) is 0.648. The molecule has 0 aliphatic rings. The molecule has 0 amide bonds. The summed E-state index contributed by atoms with van der Waals surface area (Å²) < 4.78 is 12.8. The standard InChI is InChI=1S/C19H23N5O4S/c1-11(2)15(18(25)26)29-19-23-14-16(20)21-10-22-17(14)24(19)7-8-28-13-6-4-5-12(9-13)27-3/h4-6,9-11,15H,7-8H2,1-3H3,(H,25,26)(H2,20,21,22). The van der Waals surface area contributed by atoms with Crippen molar-refractivity contribution in [3.05, 3.63) is 30.6 Å². The van der Waals surface area contributed by atoms with Crippen molar-refractivity contribution < 1.29 is 19.4 Å². The van der Waals surface area contributed by atoms with E-state index in [2.05, 4.69) is 15.0 Å². The molecule has 3 N–H and O–H groups in total. The first-order chi connectivity index (χ1) is 13.9. The number of benzene rings is 1. The van der Waals surface area contributed by atoms with Crippen molar-refractivity contribution in [3.8, 4) is 11.5 Å². The highest BCUT2D eigenvalue weighted by Gasteiger charge is 2.26. The lowest BCUT2D eigenvalue weighted by atomic mass is 10.1. The molecule has 0 fully saturated rings. The van der Waals surface area contributed by atoms with E-state index in [1.807, 2.05) is 36.6 Å². The fraction of sp³-hybridized carbons (Fsp3) is 0.368. The summed E-state index contributed by atoms with van der Waals surface area (Å²) in [5.41, 5.74) is 6.93. The number of anilines is 1. The Morgan fingerprint density at radius 3 is 2.76 bits per heavy atom. The second-order valence-electron chi connectivity index (χ2n) is 6.63. The van der Waals surface area contributed by atoms with Crippen LogP contribution in [0.4, 0.5) is 5.82 Å². The molecule has 1 atom stereocenters. The van der Waals surface area contributed by atoms with Gasteiger partial charge in [-0.05, 0) is 18.1 Å². The molecule has 3 aromatic rings. The molecule has 1 unspecified atom stereocenters. The maximum atomic E-state index is 11.7. The Bertz CT molecular complexity index is 1010. The van der Waals surface area contributed by atoms with Crippen LogP contribution in [0.2, 0.25) is 0 Å². The summed E-state index contributed by atoms with van der Waals surface area (Å²) in [6, 6.07) is 7.31. The first-order valence-corrected chi connectivity index (χ1v) is 9.91. The summed E-state index contributed by atoms with van der Waals surface area (Å²) >= 11 is 1.17. The van der Waals surface area contributed by atoms with Crippen LogP contribution in [0.1, 0.15) is 13.8 Å². The van der Waals surface area contributed by atoms with Crippen molar-refractivity contribution in [3.63, 3.8) is 0 Å². The smallest absolute Gasteiger partial charge is 0.317 e. The van der Waals surface area contributed by atoms with E-state index in [1.54, 1.807) is 13.2 Å². The average molecular weight is 417 g/mol. The van der Waals surface area contributed by atoms with Gasteiger partial charge in [-0.2, -0.15) is 0 Å². The van der Waals surface area contributed by atoms with Crippen molar-refractivity contribution in [2.75, 3.05) is 19.5 Å². The van der Waals surface area contributed by atoms with E-state index in [0.717, 1.165) is 0 Å². The fourth-order valence-electron chi connectivity index (χ4n) is 2.76. The van der Waals surface area contributed by atoms with E-state index in [0.29, 0.717) is 41.0 Å². The normalized spacial score (nSPS) is 12.3. The number of nitrogens with zero attached hydrogens (tertiary/aromatic N) is 4. The summed E-state index contributed by atoms with van der Waals surface area (Å²) in [5, 5.41) is 9.41. The number of rotatable bonds is 9. The fourth-order valence-corrected chi connectivity index (χ4v) is 3.81. The van der Waals surface area contributed by atoms with Crippen LogP contribution in [0, 0.1) is 5.92 Å². The van der Waals surface area contributed by atoms with Gasteiger partial charge in [-0.1, -0.05) is 31.7 Å². The third-order valence-electron chi connectivity index (χ3n) is 4.23. The van der Waals surface area contributed by atoms with Crippen molar-refractivity contribution in [1.82, 2.24) is 19.5 Å². The zero-order chi connectivity index (χ0) is 21.0. The zero-order valence-corrected chi connectivity index (χ0v) is 17.2. The number of carboxylic acid groups (broad SMARTS) is 1. The Labute approximate surface area is 172 Å². The number of ether oxygens (including phenoxy) is 2. The molecular weight excluding hydrogens is 394 g/mol. The maximum absolute atomic E-state index is 11.7. The summed E-state index contributed by atoms with van der Waals surface area (Å²) in [7, 11) is 1.60. The molecule has 2 aromatic heterocycles. The third-order valence-corrected chi connectivity index (χ3v) is 5.75. The number of nitrogens with two attached hydrogens (primary N) is 1. The SMILES string of the molecule is COc1cccc(OCCn2c(SC(C(=O)O)C(C)C)nc3c(N)ncnc32)c1. The number of aromatic nitrogens is 4. The molecule has 10 heteroatoms. The van der Waals surface area contributed by atoms with Gasteiger partial charge in [-0.25, -0.2) is 15.0 Å². The predicted octanol–water partition coefficient (Wildman–Crippen LogP) is 2.70. The van der Waals surface area contributed by atoms with Gasteiger partial charge in [-0.15, -0.1) is 0 Å². The zero-order valence-electron chi connectivity index (χ0n) is 16.4. The monoisotopic (exact) mass is 417 g/mol. The first kappa shape index (κ1) is 20.7. The highest BCUT2D eigenvalue weighted by molar-refractivity contribution is 8.00. The largest absolute Gasteiger partial charge is 0.497 e. The molecule has 3 rings (SSSR count). The molecule has 0 aliphatic carbocycles. The average Bonchev–Trinajstić information content (AvgIpc) is 3.04.